The van der Waals surface area contributed by atoms with E-state index in [1.54, 1.807) is 0 Å². The normalized spacial score (nSPS) is 19.2. The molecule has 155 valence electrons. The lowest BCUT2D eigenvalue weighted by molar-refractivity contribution is -0.124. The van der Waals surface area contributed by atoms with Crippen molar-refractivity contribution in [3.05, 3.63) is 66.6 Å². The Labute approximate surface area is 177 Å². The summed E-state index contributed by atoms with van der Waals surface area (Å²) in [6, 6.07) is 18.2. The van der Waals surface area contributed by atoms with Gasteiger partial charge in [-0.25, -0.2) is 0 Å². The Morgan fingerprint density at radius 2 is 1.48 bits per heavy atom. The van der Waals surface area contributed by atoms with E-state index >= 15 is 0 Å². The van der Waals surface area contributed by atoms with E-state index in [4.69, 9.17) is 0 Å². The summed E-state index contributed by atoms with van der Waals surface area (Å²) in [6.45, 7) is 6.08. The fourth-order valence-electron chi connectivity index (χ4n) is 4.62. The van der Waals surface area contributed by atoms with E-state index in [9.17, 15) is 4.79 Å². The molecule has 0 aliphatic heterocycles. The lowest BCUT2D eigenvalue weighted by Crippen LogP contribution is -2.21. The van der Waals surface area contributed by atoms with Gasteiger partial charge in [-0.15, -0.1) is 0 Å². The maximum absolute atomic E-state index is 12.3. The average Bonchev–Trinajstić information content (AvgIpc) is 2.78. The number of carbonyl (C=O) groups is 1. The molecule has 2 aromatic carbocycles. The molecule has 0 saturated heterocycles. The molecule has 29 heavy (non-hydrogen) atoms. The smallest absolute Gasteiger partial charge is 0.135 e. The van der Waals surface area contributed by atoms with Crippen LogP contribution in [0.5, 0.6) is 0 Å². The molecule has 0 N–H and O–H groups in total. The molecule has 0 unspecified atom stereocenters. The molecule has 0 aromatic heterocycles. The molecule has 1 nitrogen and oxygen atoms in total. The second kappa shape index (κ2) is 11.3. The molecular weight excluding hydrogens is 352 g/mol. The number of aryl methyl sites for hydroxylation is 1. The van der Waals surface area contributed by atoms with E-state index in [-0.39, 0.29) is 0 Å². The summed E-state index contributed by atoms with van der Waals surface area (Å²) in [5, 5.41) is 0. The molecule has 1 radical (unpaired) electrons. The fraction of sp³-hybridized carbons (Fsp3) is 0.500. The van der Waals surface area contributed by atoms with Crippen LogP contribution in [0.15, 0.2) is 48.5 Å². The summed E-state index contributed by atoms with van der Waals surface area (Å²) in [7, 11) is 0. The average molecular weight is 390 g/mol. The van der Waals surface area contributed by atoms with Crippen LogP contribution in [0.25, 0.3) is 11.1 Å². The third-order valence-electron chi connectivity index (χ3n) is 6.59. The number of hydrogen-bond acceptors (Lipinski definition) is 1. The fourth-order valence-corrected chi connectivity index (χ4v) is 4.62. The maximum atomic E-state index is 12.3. The van der Waals surface area contributed by atoms with Crippen molar-refractivity contribution in [1.82, 2.24) is 0 Å². The second-order valence-corrected chi connectivity index (χ2v) is 8.75. The van der Waals surface area contributed by atoms with Gasteiger partial charge in [-0.05, 0) is 73.1 Å². The van der Waals surface area contributed by atoms with E-state index in [0.717, 1.165) is 57.8 Å². The summed E-state index contributed by atoms with van der Waals surface area (Å²) in [4.78, 5) is 12.3. The first kappa shape index (κ1) is 21.8. The van der Waals surface area contributed by atoms with Gasteiger partial charge in [-0.2, -0.15) is 0 Å². The Hall–Kier alpha value is -1.89. The molecule has 1 heteroatoms. The summed E-state index contributed by atoms with van der Waals surface area (Å²) in [5.41, 5.74) is 5.45. The van der Waals surface area contributed by atoms with Gasteiger partial charge in [0.25, 0.3) is 0 Å². The number of rotatable bonds is 10. The van der Waals surface area contributed by atoms with Crippen LogP contribution in [0.3, 0.4) is 0 Å². The van der Waals surface area contributed by atoms with Gasteiger partial charge in [-0.3, -0.25) is 4.79 Å². The van der Waals surface area contributed by atoms with Gasteiger partial charge in [0, 0.05) is 12.3 Å². The summed E-state index contributed by atoms with van der Waals surface area (Å²) in [6.07, 6.45) is 12.0. The van der Waals surface area contributed by atoms with Crippen LogP contribution in [0.2, 0.25) is 0 Å². The minimum Gasteiger partial charge on any atom is -0.299 e. The molecule has 0 heterocycles. The van der Waals surface area contributed by atoms with Gasteiger partial charge in [0.2, 0.25) is 0 Å². The highest BCUT2D eigenvalue weighted by Gasteiger charge is 2.26. The molecule has 0 amide bonds. The van der Waals surface area contributed by atoms with Crippen LogP contribution in [-0.2, 0) is 11.2 Å². The van der Waals surface area contributed by atoms with Gasteiger partial charge in [-0.1, -0.05) is 81.6 Å². The zero-order valence-corrected chi connectivity index (χ0v) is 18.2. The molecule has 1 fully saturated rings. The van der Waals surface area contributed by atoms with Crippen molar-refractivity contribution >= 4 is 5.78 Å². The monoisotopic (exact) mass is 389 g/mol. The number of benzene rings is 2. The Morgan fingerprint density at radius 1 is 0.862 bits per heavy atom. The summed E-state index contributed by atoms with van der Waals surface area (Å²) in [5.74, 6) is 1.45. The summed E-state index contributed by atoms with van der Waals surface area (Å²) >= 11 is 0. The number of ketones is 1. The third kappa shape index (κ3) is 6.29. The van der Waals surface area contributed by atoms with E-state index in [1.165, 1.54) is 35.1 Å². The van der Waals surface area contributed by atoms with Crippen molar-refractivity contribution < 1.29 is 4.79 Å². The molecule has 0 bridgehead atoms. The Balaban J connectivity index is 1.53. The summed E-state index contributed by atoms with van der Waals surface area (Å²) < 4.78 is 0. The van der Waals surface area contributed by atoms with Gasteiger partial charge in [0.1, 0.15) is 5.78 Å². The first-order valence-corrected chi connectivity index (χ1v) is 11.7. The second-order valence-electron chi connectivity index (χ2n) is 8.75. The van der Waals surface area contributed by atoms with Crippen LogP contribution < -0.4 is 0 Å². The topological polar surface area (TPSA) is 17.1 Å². The molecule has 0 spiro atoms. The van der Waals surface area contributed by atoms with E-state index in [1.807, 2.05) is 0 Å². The van der Waals surface area contributed by atoms with Crippen LogP contribution in [0.4, 0.5) is 0 Å². The quantitative estimate of drug-likeness (QED) is 0.377. The minimum absolute atomic E-state index is 0.323. The van der Waals surface area contributed by atoms with Gasteiger partial charge in [0.05, 0.1) is 0 Å². The van der Waals surface area contributed by atoms with Crippen molar-refractivity contribution in [2.75, 3.05) is 0 Å². The van der Waals surface area contributed by atoms with Gasteiger partial charge < -0.3 is 0 Å². The van der Waals surface area contributed by atoms with Gasteiger partial charge in [0.15, 0.2) is 0 Å². The zero-order chi connectivity index (χ0) is 20.5. The molecular formula is C28H37O. The van der Waals surface area contributed by atoms with Crippen LogP contribution in [0, 0.1) is 12.8 Å². The third-order valence-corrected chi connectivity index (χ3v) is 6.59. The Morgan fingerprint density at radius 3 is 2.07 bits per heavy atom. The highest BCUT2D eigenvalue weighted by atomic mass is 16.1. The van der Waals surface area contributed by atoms with Crippen molar-refractivity contribution in [2.45, 2.75) is 83.5 Å². The standard InChI is InChI=1S/C28H37O/c1-3-5-7-8-22-10-12-23(13-11-22)24-14-16-25(17-15-24)26-18-20-27(21-19-26)28(29)9-6-4-2/h10-17,26-27H,1,3-9,18-21H2,2H3/t26-,27-. The molecule has 3 rings (SSSR count). The zero-order valence-electron chi connectivity index (χ0n) is 18.2. The number of hydrogen-bond donors (Lipinski definition) is 0. The maximum Gasteiger partial charge on any atom is 0.135 e. The molecule has 2 aromatic rings. The first-order chi connectivity index (χ1) is 14.2. The first-order valence-electron chi connectivity index (χ1n) is 11.7. The lowest BCUT2D eigenvalue weighted by Gasteiger charge is -2.28. The number of Topliss-reactive ketones (excluding diaryl/α,β-unsaturated/α-hetero) is 1. The van der Waals surface area contributed by atoms with Crippen molar-refractivity contribution in [1.29, 1.82) is 0 Å². The SMILES string of the molecule is [CH2]CCCCc1ccc(-c2ccc([C@H]3CC[C@H](C(=O)CCCC)CC3)cc2)cc1. The largest absolute Gasteiger partial charge is 0.299 e. The lowest BCUT2D eigenvalue weighted by atomic mass is 9.76. The molecule has 1 saturated carbocycles. The molecule has 1 aliphatic rings. The van der Waals surface area contributed by atoms with E-state index in [2.05, 4.69) is 62.4 Å². The predicted octanol–water partition coefficient (Wildman–Crippen LogP) is 7.93. The van der Waals surface area contributed by atoms with Crippen molar-refractivity contribution in [3.63, 3.8) is 0 Å². The van der Waals surface area contributed by atoms with Gasteiger partial charge >= 0.3 is 0 Å². The Kier molecular flexibility index (Phi) is 8.52. The van der Waals surface area contributed by atoms with E-state index in [0.29, 0.717) is 17.6 Å². The van der Waals surface area contributed by atoms with Crippen molar-refractivity contribution in [2.24, 2.45) is 5.92 Å². The Bertz CT molecular complexity index is 733. The highest BCUT2D eigenvalue weighted by molar-refractivity contribution is 5.81. The highest BCUT2D eigenvalue weighted by Crippen LogP contribution is 2.37. The number of carbonyl (C=O) groups excluding carboxylic acids is 1. The molecule has 1 aliphatic carbocycles. The van der Waals surface area contributed by atoms with Crippen LogP contribution >= 0.6 is 0 Å². The minimum atomic E-state index is 0.323. The van der Waals surface area contributed by atoms with Crippen LogP contribution in [-0.4, -0.2) is 5.78 Å². The van der Waals surface area contributed by atoms with E-state index < -0.39 is 0 Å². The predicted molar refractivity (Wildman–Crippen MR) is 124 cm³/mol. The van der Waals surface area contributed by atoms with Crippen molar-refractivity contribution in [3.8, 4) is 11.1 Å². The number of unbranched alkanes of at least 4 members (excludes halogenated alkanes) is 3. The van der Waals surface area contributed by atoms with Crippen LogP contribution in [0.1, 0.15) is 88.2 Å². The molecule has 0 atom stereocenters.